The van der Waals surface area contributed by atoms with Crippen molar-refractivity contribution in [2.24, 2.45) is 0 Å². The van der Waals surface area contributed by atoms with Crippen molar-refractivity contribution in [2.45, 2.75) is 252 Å². The molecular weight excluding hydrogens is 745 g/mol. The lowest BCUT2D eigenvalue weighted by atomic mass is 10.0. The second kappa shape index (κ2) is 48.8. The van der Waals surface area contributed by atoms with Crippen LogP contribution in [0.1, 0.15) is 245 Å². The van der Waals surface area contributed by atoms with Gasteiger partial charge in [-0.3, -0.25) is 14.4 Å². The number of ether oxygens (including phenoxy) is 3. The molecule has 0 aromatic carbocycles. The highest BCUT2D eigenvalue weighted by atomic mass is 16.6. The summed E-state index contributed by atoms with van der Waals surface area (Å²) in [5.74, 6) is -0.941. The van der Waals surface area contributed by atoms with Crippen molar-refractivity contribution in [1.82, 2.24) is 0 Å². The highest BCUT2D eigenvalue weighted by molar-refractivity contribution is 5.71. The minimum Gasteiger partial charge on any atom is -0.462 e. The van der Waals surface area contributed by atoms with Gasteiger partial charge in [0.05, 0.1) is 0 Å². The zero-order valence-electron chi connectivity index (χ0n) is 39.5. The van der Waals surface area contributed by atoms with Gasteiger partial charge in [-0.05, 0) is 89.9 Å². The van der Waals surface area contributed by atoms with E-state index < -0.39 is 6.10 Å². The molecule has 0 amide bonds. The molecule has 0 saturated heterocycles. The summed E-state index contributed by atoms with van der Waals surface area (Å²) in [4.78, 5) is 37.9. The van der Waals surface area contributed by atoms with Crippen LogP contribution in [0.2, 0.25) is 0 Å². The molecule has 0 spiro atoms. The molecular formula is C54H94O6. The Morgan fingerprint density at radius 3 is 1.00 bits per heavy atom. The summed E-state index contributed by atoms with van der Waals surface area (Å²) in [5.41, 5.74) is 0. The van der Waals surface area contributed by atoms with Gasteiger partial charge in [-0.1, -0.05) is 197 Å². The molecule has 0 aliphatic rings. The Morgan fingerprint density at radius 1 is 0.333 bits per heavy atom. The number of esters is 3. The zero-order valence-corrected chi connectivity index (χ0v) is 39.5. The molecule has 0 aromatic rings. The van der Waals surface area contributed by atoms with Gasteiger partial charge in [0.1, 0.15) is 13.2 Å². The number of carbonyl (C=O) groups is 3. The van der Waals surface area contributed by atoms with Crippen LogP contribution in [0.3, 0.4) is 0 Å². The van der Waals surface area contributed by atoms with E-state index in [4.69, 9.17) is 14.2 Å². The third-order valence-corrected chi connectivity index (χ3v) is 10.7. The molecule has 0 N–H and O–H groups in total. The second-order valence-corrected chi connectivity index (χ2v) is 16.7. The molecule has 6 nitrogen and oxygen atoms in total. The van der Waals surface area contributed by atoms with Gasteiger partial charge in [0.15, 0.2) is 6.10 Å². The van der Waals surface area contributed by atoms with E-state index in [9.17, 15) is 14.4 Å². The molecule has 1 atom stereocenters. The zero-order chi connectivity index (χ0) is 43.7. The summed E-state index contributed by atoms with van der Waals surface area (Å²) >= 11 is 0. The number of carbonyl (C=O) groups excluding carboxylic acids is 3. The lowest BCUT2D eigenvalue weighted by Gasteiger charge is -2.18. The van der Waals surface area contributed by atoms with Crippen LogP contribution < -0.4 is 0 Å². The fraction of sp³-hybridized carbons (Fsp3) is 0.759. The third kappa shape index (κ3) is 46.2. The van der Waals surface area contributed by atoms with E-state index >= 15 is 0 Å². The van der Waals surface area contributed by atoms with E-state index in [-0.39, 0.29) is 31.1 Å². The summed E-state index contributed by atoms with van der Waals surface area (Å²) in [6.45, 7) is 6.53. The summed E-state index contributed by atoms with van der Waals surface area (Å²) in [7, 11) is 0. The lowest BCUT2D eigenvalue weighted by Crippen LogP contribution is -2.30. The van der Waals surface area contributed by atoms with Crippen LogP contribution in [0.25, 0.3) is 0 Å². The van der Waals surface area contributed by atoms with E-state index in [0.717, 1.165) is 89.9 Å². The number of hydrogen-bond donors (Lipinski definition) is 0. The summed E-state index contributed by atoms with van der Waals surface area (Å²) in [6, 6.07) is 0. The van der Waals surface area contributed by atoms with Crippen molar-refractivity contribution in [3.05, 3.63) is 60.8 Å². The van der Waals surface area contributed by atoms with Gasteiger partial charge in [0.25, 0.3) is 0 Å². The molecule has 0 aliphatic carbocycles. The van der Waals surface area contributed by atoms with Crippen LogP contribution in [0, 0.1) is 0 Å². The quantitative estimate of drug-likeness (QED) is 0.0263. The van der Waals surface area contributed by atoms with E-state index in [1.54, 1.807) is 0 Å². The molecule has 0 bridgehead atoms. The van der Waals surface area contributed by atoms with Gasteiger partial charge < -0.3 is 14.2 Å². The maximum Gasteiger partial charge on any atom is 0.306 e. The Morgan fingerprint density at radius 2 is 0.600 bits per heavy atom. The lowest BCUT2D eigenvalue weighted by molar-refractivity contribution is -0.167. The molecule has 0 aliphatic heterocycles. The Labute approximate surface area is 370 Å². The van der Waals surface area contributed by atoms with Gasteiger partial charge in [-0.25, -0.2) is 0 Å². The Bertz CT molecular complexity index is 1100. The van der Waals surface area contributed by atoms with Crippen LogP contribution >= 0.6 is 0 Å². The Hall–Kier alpha value is -2.89. The first kappa shape index (κ1) is 57.1. The van der Waals surface area contributed by atoms with Gasteiger partial charge in [0, 0.05) is 19.3 Å². The maximum atomic E-state index is 12.8. The molecule has 0 heterocycles. The summed E-state index contributed by atoms with van der Waals surface area (Å²) < 4.78 is 16.7. The standard InChI is InChI=1S/C54H94O6/c1-4-7-10-13-16-19-22-25-27-29-32-34-37-40-43-46-52(55)58-49-51(60-54(57)48-45-42-39-36-31-24-21-18-15-12-9-6-3)50-59-53(56)47-44-41-38-35-33-30-28-26-23-20-17-14-11-8-5-2/h16-17,19-20,25-28,32,34,51H,4-15,18,21-24,29-31,33,35-50H2,1-3H3/b19-16-,20-17-,27-25-,28-26-,34-32-/t51-/m1/s1. The molecule has 6 heteroatoms. The van der Waals surface area contributed by atoms with E-state index in [2.05, 4.69) is 81.5 Å². The van der Waals surface area contributed by atoms with Crippen LogP contribution in [-0.4, -0.2) is 37.2 Å². The van der Waals surface area contributed by atoms with E-state index in [1.165, 1.54) is 116 Å². The number of rotatable bonds is 45. The van der Waals surface area contributed by atoms with Crippen LogP contribution in [0.4, 0.5) is 0 Å². The highest BCUT2D eigenvalue weighted by Crippen LogP contribution is 2.14. The topological polar surface area (TPSA) is 78.9 Å². The molecule has 346 valence electrons. The molecule has 0 fully saturated rings. The highest BCUT2D eigenvalue weighted by Gasteiger charge is 2.19. The smallest absolute Gasteiger partial charge is 0.306 e. The summed E-state index contributed by atoms with van der Waals surface area (Å²) in [6.07, 6.45) is 59.1. The van der Waals surface area contributed by atoms with Crippen LogP contribution in [-0.2, 0) is 28.6 Å². The molecule has 60 heavy (non-hydrogen) atoms. The van der Waals surface area contributed by atoms with Crippen LogP contribution in [0.15, 0.2) is 60.8 Å². The first-order valence-corrected chi connectivity index (χ1v) is 25.3. The largest absolute Gasteiger partial charge is 0.462 e. The van der Waals surface area contributed by atoms with Crippen molar-refractivity contribution in [3.63, 3.8) is 0 Å². The van der Waals surface area contributed by atoms with E-state index in [1.807, 2.05) is 0 Å². The molecule has 0 rings (SSSR count). The van der Waals surface area contributed by atoms with Gasteiger partial charge in [0.2, 0.25) is 0 Å². The first-order chi connectivity index (χ1) is 29.5. The van der Waals surface area contributed by atoms with Gasteiger partial charge in [-0.2, -0.15) is 0 Å². The minimum absolute atomic E-state index is 0.0922. The monoisotopic (exact) mass is 839 g/mol. The number of hydrogen-bond acceptors (Lipinski definition) is 6. The molecule has 0 radical (unpaired) electrons. The molecule has 0 saturated carbocycles. The fourth-order valence-corrected chi connectivity index (χ4v) is 6.89. The van der Waals surface area contributed by atoms with Gasteiger partial charge >= 0.3 is 17.9 Å². The Balaban J connectivity index is 4.45. The predicted octanol–water partition coefficient (Wildman–Crippen LogP) is 16.5. The average molecular weight is 839 g/mol. The first-order valence-electron chi connectivity index (χ1n) is 25.3. The normalized spacial score (nSPS) is 12.5. The number of unbranched alkanes of at least 4 members (excludes halogenated alkanes) is 24. The third-order valence-electron chi connectivity index (χ3n) is 10.7. The van der Waals surface area contributed by atoms with Crippen LogP contribution in [0.5, 0.6) is 0 Å². The van der Waals surface area contributed by atoms with Crippen molar-refractivity contribution >= 4 is 17.9 Å². The predicted molar refractivity (Wildman–Crippen MR) is 256 cm³/mol. The number of allylic oxidation sites excluding steroid dienone is 10. The van der Waals surface area contributed by atoms with Crippen molar-refractivity contribution in [1.29, 1.82) is 0 Å². The van der Waals surface area contributed by atoms with Crippen molar-refractivity contribution in [2.75, 3.05) is 13.2 Å². The summed E-state index contributed by atoms with van der Waals surface area (Å²) in [5, 5.41) is 0. The van der Waals surface area contributed by atoms with E-state index in [0.29, 0.717) is 19.3 Å². The minimum atomic E-state index is -0.792. The SMILES string of the molecule is CCCCC/C=C\C/C=C\C/C=C\CCCCC(=O)OC[C@H](COC(=O)CCCCCCC/C=C\C/C=C\CCCCC)OC(=O)CCCCCCCCCCCCCC. The molecule has 0 aromatic heterocycles. The second-order valence-electron chi connectivity index (χ2n) is 16.7. The fourth-order valence-electron chi connectivity index (χ4n) is 6.89. The van der Waals surface area contributed by atoms with Crippen molar-refractivity contribution < 1.29 is 28.6 Å². The molecule has 0 unspecified atom stereocenters. The Kier molecular flexibility index (Phi) is 46.4. The average Bonchev–Trinajstić information content (AvgIpc) is 3.24. The van der Waals surface area contributed by atoms with Gasteiger partial charge in [-0.15, -0.1) is 0 Å². The van der Waals surface area contributed by atoms with Crippen molar-refractivity contribution in [3.8, 4) is 0 Å². The maximum absolute atomic E-state index is 12.8.